The van der Waals surface area contributed by atoms with Crippen LogP contribution in [0.3, 0.4) is 0 Å². The van der Waals surface area contributed by atoms with Crippen LogP contribution < -0.4 is 14.7 Å². The smallest absolute Gasteiger partial charge is 0.143 e. The quantitative estimate of drug-likeness (QED) is 0.136. The molecule has 0 fully saturated rings. The number of anilines is 9. The predicted molar refractivity (Wildman–Crippen MR) is 286 cm³/mol. The fourth-order valence-electron chi connectivity index (χ4n) is 9.65. The summed E-state index contributed by atoms with van der Waals surface area (Å²) < 4.78 is 9.03. The second kappa shape index (κ2) is 16.9. The zero-order valence-electron chi connectivity index (χ0n) is 37.2. The molecule has 0 bridgehead atoms. The summed E-state index contributed by atoms with van der Waals surface area (Å²) in [5.41, 5.74) is 15.9. The minimum absolute atomic E-state index is 0.894. The molecule has 10 aromatic carbocycles. The van der Waals surface area contributed by atoms with Gasteiger partial charge >= 0.3 is 0 Å². The van der Waals surface area contributed by atoms with Crippen molar-refractivity contribution < 1.29 is 4.42 Å². The molecule has 0 N–H and O–H groups in total. The van der Waals surface area contributed by atoms with E-state index in [2.05, 4.69) is 253 Å². The lowest BCUT2D eigenvalue weighted by atomic mass is 10.0. The fraction of sp³-hybridized carbons (Fsp3) is 0.0323. The molecule has 12 aromatic rings. The van der Waals surface area contributed by atoms with Gasteiger partial charge in [-0.2, -0.15) is 0 Å². The lowest BCUT2D eigenvalue weighted by Crippen LogP contribution is -2.16. The number of aryl methyl sites for hydroxylation is 2. The molecular formula is C62H45N3OS. The van der Waals surface area contributed by atoms with Crippen molar-refractivity contribution in [1.82, 2.24) is 0 Å². The van der Waals surface area contributed by atoms with Gasteiger partial charge in [0.15, 0.2) is 0 Å². The Morgan fingerprint density at radius 1 is 0.343 bits per heavy atom. The van der Waals surface area contributed by atoms with Gasteiger partial charge in [0.2, 0.25) is 0 Å². The Morgan fingerprint density at radius 2 is 0.836 bits per heavy atom. The summed E-state index contributed by atoms with van der Waals surface area (Å²) in [7, 11) is 0. The SMILES string of the molecule is Cc1cccc(N(c2ccccc2)c2cc(N(c3ccccc3)c3cccc(C)c3)cc(N(c3ccc(-c4cccc5c4oc4ccccc45)cc3)c3cccc4c3sc3ccccc34)c2)c1. The molecule has 0 aliphatic heterocycles. The number of fused-ring (bicyclic) bond motifs is 6. The monoisotopic (exact) mass is 879 g/mol. The van der Waals surface area contributed by atoms with Crippen LogP contribution in [-0.4, -0.2) is 0 Å². The first-order valence-corrected chi connectivity index (χ1v) is 23.6. The lowest BCUT2D eigenvalue weighted by Gasteiger charge is -2.33. The molecule has 0 saturated carbocycles. The Hall–Kier alpha value is -8.38. The van der Waals surface area contributed by atoms with Gasteiger partial charge in [0.1, 0.15) is 11.2 Å². The van der Waals surface area contributed by atoms with Crippen molar-refractivity contribution in [3.05, 3.63) is 248 Å². The Kier molecular flexibility index (Phi) is 10.1. The number of benzene rings is 10. The second-order valence-electron chi connectivity index (χ2n) is 17.1. The summed E-state index contributed by atoms with van der Waals surface area (Å²) in [6.45, 7) is 4.32. The number of thiophene rings is 1. The van der Waals surface area contributed by atoms with Gasteiger partial charge in [0.25, 0.3) is 0 Å². The Labute approximate surface area is 394 Å². The molecule has 0 saturated heterocycles. The molecule has 0 radical (unpaired) electrons. The van der Waals surface area contributed by atoms with E-state index in [0.29, 0.717) is 0 Å². The first-order valence-electron chi connectivity index (χ1n) is 22.7. The Balaban J connectivity index is 1.13. The van der Waals surface area contributed by atoms with Gasteiger partial charge in [-0.25, -0.2) is 0 Å². The maximum absolute atomic E-state index is 6.54. The summed E-state index contributed by atoms with van der Waals surface area (Å²) in [4.78, 5) is 7.22. The zero-order chi connectivity index (χ0) is 44.8. The first-order chi connectivity index (χ1) is 33.0. The molecule has 2 aromatic heterocycles. The number of hydrogen-bond donors (Lipinski definition) is 0. The van der Waals surface area contributed by atoms with E-state index in [1.807, 2.05) is 23.5 Å². The molecule has 12 rings (SSSR count). The van der Waals surface area contributed by atoms with Gasteiger partial charge in [-0.1, -0.05) is 140 Å². The van der Waals surface area contributed by atoms with Crippen LogP contribution in [-0.2, 0) is 0 Å². The zero-order valence-corrected chi connectivity index (χ0v) is 38.0. The van der Waals surface area contributed by atoms with Crippen LogP contribution in [0.15, 0.2) is 241 Å². The molecular weight excluding hydrogens is 835 g/mol. The lowest BCUT2D eigenvalue weighted by molar-refractivity contribution is 0.670. The van der Waals surface area contributed by atoms with E-state index < -0.39 is 0 Å². The fourth-order valence-corrected chi connectivity index (χ4v) is 10.9. The number of para-hydroxylation sites is 4. The van der Waals surface area contributed by atoms with Gasteiger partial charge in [-0.15, -0.1) is 11.3 Å². The summed E-state index contributed by atoms with van der Waals surface area (Å²) in [6, 6.07) is 85.3. The van der Waals surface area contributed by atoms with E-state index in [-0.39, 0.29) is 0 Å². The van der Waals surface area contributed by atoms with Crippen LogP contribution in [0.1, 0.15) is 11.1 Å². The van der Waals surface area contributed by atoms with Gasteiger partial charge in [-0.05, 0) is 128 Å². The minimum Gasteiger partial charge on any atom is -0.455 e. The average Bonchev–Trinajstić information content (AvgIpc) is 3.95. The van der Waals surface area contributed by atoms with Crippen LogP contribution in [0, 0.1) is 13.8 Å². The van der Waals surface area contributed by atoms with Crippen molar-refractivity contribution in [3.63, 3.8) is 0 Å². The van der Waals surface area contributed by atoms with Gasteiger partial charge in [0.05, 0.1) is 27.4 Å². The highest BCUT2D eigenvalue weighted by Gasteiger charge is 2.24. The number of nitrogens with zero attached hydrogens (tertiary/aromatic N) is 3. The van der Waals surface area contributed by atoms with Gasteiger partial charge in [-0.3, -0.25) is 0 Å². The molecule has 320 valence electrons. The molecule has 67 heavy (non-hydrogen) atoms. The van der Waals surface area contributed by atoms with Crippen molar-refractivity contribution in [2.75, 3.05) is 14.7 Å². The Morgan fingerprint density at radius 3 is 1.48 bits per heavy atom. The third kappa shape index (κ3) is 7.36. The van der Waals surface area contributed by atoms with E-state index in [1.165, 1.54) is 31.3 Å². The predicted octanol–water partition coefficient (Wildman–Crippen LogP) is 18.6. The third-order valence-corrected chi connectivity index (χ3v) is 13.9. The Bertz CT molecular complexity index is 3640. The maximum atomic E-state index is 6.54. The molecule has 5 heteroatoms. The van der Waals surface area contributed by atoms with E-state index in [9.17, 15) is 0 Å². The van der Waals surface area contributed by atoms with Crippen molar-refractivity contribution in [2.45, 2.75) is 13.8 Å². The molecule has 0 amide bonds. The van der Waals surface area contributed by atoms with Gasteiger partial charge in [0, 0.05) is 60.2 Å². The van der Waals surface area contributed by atoms with Crippen molar-refractivity contribution >= 4 is 105 Å². The maximum Gasteiger partial charge on any atom is 0.143 e. The van der Waals surface area contributed by atoms with Crippen molar-refractivity contribution in [1.29, 1.82) is 0 Å². The van der Waals surface area contributed by atoms with Crippen LogP contribution in [0.4, 0.5) is 51.2 Å². The first kappa shape index (κ1) is 40.2. The molecule has 0 unspecified atom stereocenters. The van der Waals surface area contributed by atoms with E-state index in [4.69, 9.17) is 4.42 Å². The number of hydrogen-bond acceptors (Lipinski definition) is 5. The topological polar surface area (TPSA) is 22.9 Å². The minimum atomic E-state index is 0.894. The molecule has 0 aliphatic rings. The average molecular weight is 880 g/mol. The van der Waals surface area contributed by atoms with Crippen molar-refractivity contribution in [2.24, 2.45) is 0 Å². The van der Waals surface area contributed by atoms with E-state index in [0.717, 1.165) is 84.3 Å². The van der Waals surface area contributed by atoms with E-state index >= 15 is 0 Å². The highest BCUT2D eigenvalue weighted by Crippen LogP contribution is 2.49. The van der Waals surface area contributed by atoms with Crippen LogP contribution in [0.5, 0.6) is 0 Å². The largest absolute Gasteiger partial charge is 0.455 e. The summed E-state index contributed by atoms with van der Waals surface area (Å²) in [5, 5.41) is 4.74. The number of rotatable bonds is 10. The number of furan rings is 1. The standard InChI is InChI=1S/C62H45N3OS/c1-42-17-13-23-48(37-42)63(45-19-5-3-6-20-45)50-39-51(64(46-21-7-4-8-22-46)49-24-14-18-43(2)38-49)41-52(40-50)65(58-30-16-29-57-55-26-10-12-32-60(55)67-62(57)58)47-35-33-44(34-36-47)53-27-15-28-56-54-25-9-11-31-59(54)66-61(53)56/h3-41H,1-2H3. The summed E-state index contributed by atoms with van der Waals surface area (Å²) in [6.07, 6.45) is 0. The summed E-state index contributed by atoms with van der Waals surface area (Å²) >= 11 is 1.85. The van der Waals surface area contributed by atoms with Crippen molar-refractivity contribution in [3.8, 4) is 11.1 Å². The van der Waals surface area contributed by atoms with Crippen LogP contribution in [0.2, 0.25) is 0 Å². The third-order valence-electron chi connectivity index (χ3n) is 12.7. The highest BCUT2D eigenvalue weighted by molar-refractivity contribution is 7.26. The normalized spacial score (nSPS) is 11.4. The van der Waals surface area contributed by atoms with Crippen LogP contribution >= 0.6 is 11.3 Å². The summed E-state index contributed by atoms with van der Waals surface area (Å²) in [5.74, 6) is 0. The van der Waals surface area contributed by atoms with E-state index in [1.54, 1.807) is 0 Å². The molecule has 0 atom stereocenters. The molecule has 4 nitrogen and oxygen atoms in total. The van der Waals surface area contributed by atoms with Crippen LogP contribution in [0.25, 0.3) is 53.2 Å². The highest BCUT2D eigenvalue weighted by atomic mass is 32.1. The van der Waals surface area contributed by atoms with Gasteiger partial charge < -0.3 is 19.1 Å². The molecule has 0 spiro atoms. The second-order valence-corrected chi connectivity index (χ2v) is 18.2. The molecule has 2 heterocycles. The molecule has 0 aliphatic carbocycles.